The first-order valence-electron chi connectivity index (χ1n) is 10.7. The molecule has 1 N–H and O–H groups in total. The fourth-order valence-corrected chi connectivity index (χ4v) is 3.83. The molecule has 0 saturated carbocycles. The monoisotopic (exact) mass is 493 g/mol. The van der Waals surface area contributed by atoms with Crippen molar-refractivity contribution in [2.45, 2.75) is 13.5 Å². The van der Waals surface area contributed by atoms with Crippen LogP contribution in [0.3, 0.4) is 0 Å². The first-order valence-corrected chi connectivity index (χ1v) is 10.7. The number of hydrogen-bond acceptors (Lipinski definition) is 6. The van der Waals surface area contributed by atoms with Gasteiger partial charge in [-0.25, -0.2) is 27.3 Å². The van der Waals surface area contributed by atoms with Gasteiger partial charge in [-0.2, -0.15) is 10.1 Å². The zero-order valence-electron chi connectivity index (χ0n) is 19.0. The number of hydrogen-bond donors (Lipinski definition) is 1. The molecule has 0 atom stereocenters. The largest absolute Gasteiger partial charge is 0.359 e. The van der Waals surface area contributed by atoms with Crippen LogP contribution in [0.5, 0.6) is 0 Å². The Kier molecular flexibility index (Phi) is 5.63. The molecule has 0 aliphatic rings. The van der Waals surface area contributed by atoms with Crippen LogP contribution in [-0.4, -0.2) is 28.9 Å². The maximum Gasteiger partial charge on any atom is 0.359 e. The van der Waals surface area contributed by atoms with Crippen LogP contribution < -0.4 is 16.7 Å². The first-order chi connectivity index (χ1) is 17.2. The van der Waals surface area contributed by atoms with E-state index in [1.54, 1.807) is 55.3 Å². The van der Waals surface area contributed by atoms with Crippen LogP contribution in [-0.2, 0) is 13.6 Å². The number of aryl methyl sites for hydroxylation is 2. The van der Waals surface area contributed by atoms with E-state index in [1.165, 1.54) is 6.20 Å². The van der Waals surface area contributed by atoms with Gasteiger partial charge in [-0.15, -0.1) is 0 Å². The van der Waals surface area contributed by atoms with E-state index in [-0.39, 0.29) is 17.2 Å². The van der Waals surface area contributed by atoms with Gasteiger partial charge in [0.2, 0.25) is 5.95 Å². The van der Waals surface area contributed by atoms with Crippen molar-refractivity contribution in [2.24, 2.45) is 7.05 Å². The minimum atomic E-state index is -1.36. The van der Waals surface area contributed by atoms with Gasteiger partial charge in [-0.3, -0.25) is 14.2 Å². The third kappa shape index (κ3) is 4.24. The number of benzene rings is 2. The van der Waals surface area contributed by atoms with Crippen molar-refractivity contribution in [2.75, 3.05) is 5.32 Å². The molecule has 182 valence electrons. The summed E-state index contributed by atoms with van der Waals surface area (Å²) < 4.78 is 45.2. The Morgan fingerprint density at radius 2 is 1.75 bits per heavy atom. The van der Waals surface area contributed by atoms with Crippen LogP contribution in [0.2, 0.25) is 0 Å². The van der Waals surface area contributed by atoms with Gasteiger partial charge >= 0.3 is 11.4 Å². The van der Waals surface area contributed by atoms with Gasteiger partial charge < -0.3 is 5.32 Å². The van der Waals surface area contributed by atoms with E-state index in [4.69, 9.17) is 0 Å². The van der Waals surface area contributed by atoms with Gasteiger partial charge in [0.15, 0.2) is 11.6 Å². The van der Waals surface area contributed by atoms with Crippen LogP contribution in [0.1, 0.15) is 11.1 Å². The lowest BCUT2D eigenvalue weighted by atomic mass is 10.2. The van der Waals surface area contributed by atoms with Crippen molar-refractivity contribution < 1.29 is 13.2 Å². The highest BCUT2D eigenvalue weighted by Crippen LogP contribution is 2.21. The van der Waals surface area contributed by atoms with Crippen molar-refractivity contribution in [3.63, 3.8) is 0 Å². The highest BCUT2D eigenvalue weighted by Gasteiger charge is 2.19. The SMILES string of the molecule is Cc1cncc(-n2c(=O)nc(Nc3ccc4nn(C)cc4c3)n(Cc3cc(F)c(F)cc3F)c2=O)c1. The number of nitrogens with one attached hydrogen (secondary N) is 1. The molecule has 0 amide bonds. The van der Waals surface area contributed by atoms with E-state index in [1.807, 2.05) is 0 Å². The smallest absolute Gasteiger partial charge is 0.325 e. The molecule has 9 nitrogen and oxygen atoms in total. The van der Waals surface area contributed by atoms with Crippen molar-refractivity contribution in [3.8, 4) is 5.69 Å². The number of anilines is 2. The molecule has 0 spiro atoms. The lowest BCUT2D eigenvalue weighted by Crippen LogP contribution is -2.42. The molecule has 36 heavy (non-hydrogen) atoms. The molecule has 3 heterocycles. The molecule has 0 saturated heterocycles. The molecule has 5 rings (SSSR count). The number of rotatable bonds is 5. The number of fused-ring (bicyclic) bond motifs is 1. The minimum Gasteiger partial charge on any atom is -0.325 e. The Balaban J connectivity index is 1.68. The molecular weight excluding hydrogens is 475 g/mol. The highest BCUT2D eigenvalue weighted by atomic mass is 19.2. The molecule has 0 unspecified atom stereocenters. The summed E-state index contributed by atoms with van der Waals surface area (Å²) in [5, 5.41) is 7.98. The third-order valence-electron chi connectivity index (χ3n) is 5.48. The second kappa shape index (κ2) is 8.80. The van der Waals surface area contributed by atoms with Crippen LogP contribution in [0.4, 0.5) is 24.8 Å². The minimum absolute atomic E-state index is 0.153. The summed E-state index contributed by atoms with van der Waals surface area (Å²) in [5.74, 6) is -3.91. The van der Waals surface area contributed by atoms with Gasteiger partial charge in [0, 0.05) is 42.1 Å². The quantitative estimate of drug-likeness (QED) is 0.378. The number of nitrogens with zero attached hydrogens (tertiary/aromatic N) is 6. The molecule has 12 heteroatoms. The van der Waals surface area contributed by atoms with Gasteiger partial charge in [0.1, 0.15) is 5.82 Å². The second-order valence-electron chi connectivity index (χ2n) is 8.20. The van der Waals surface area contributed by atoms with Crippen LogP contribution >= 0.6 is 0 Å². The van der Waals surface area contributed by atoms with Crippen molar-refractivity contribution >= 4 is 22.5 Å². The topological polar surface area (TPSA) is 99.6 Å². The van der Waals surface area contributed by atoms with Gasteiger partial charge in [-0.1, -0.05) is 0 Å². The Labute approximate surface area is 201 Å². The Morgan fingerprint density at radius 1 is 0.972 bits per heavy atom. The molecule has 0 aliphatic carbocycles. The maximum atomic E-state index is 14.5. The first kappa shape index (κ1) is 23.0. The van der Waals surface area contributed by atoms with E-state index < -0.39 is 35.4 Å². The molecule has 5 aromatic rings. The Bertz CT molecular complexity index is 1760. The summed E-state index contributed by atoms with van der Waals surface area (Å²) in [6.45, 7) is 1.19. The second-order valence-corrected chi connectivity index (χ2v) is 8.20. The van der Waals surface area contributed by atoms with Gasteiger partial charge in [-0.05, 0) is 42.8 Å². The molecule has 0 fully saturated rings. The van der Waals surface area contributed by atoms with Crippen LogP contribution in [0.15, 0.2) is 64.6 Å². The predicted octanol–water partition coefficient (Wildman–Crippen LogP) is 3.19. The molecule has 2 aromatic carbocycles. The summed E-state index contributed by atoms with van der Waals surface area (Å²) in [7, 11) is 1.77. The normalized spacial score (nSPS) is 11.2. The summed E-state index contributed by atoms with van der Waals surface area (Å²) >= 11 is 0. The maximum absolute atomic E-state index is 14.5. The predicted molar refractivity (Wildman–Crippen MR) is 126 cm³/mol. The lowest BCUT2D eigenvalue weighted by molar-refractivity contribution is 0.487. The van der Waals surface area contributed by atoms with Crippen molar-refractivity contribution in [1.82, 2.24) is 28.9 Å². The highest BCUT2D eigenvalue weighted by molar-refractivity contribution is 5.82. The summed E-state index contributed by atoms with van der Waals surface area (Å²) in [6.07, 6.45) is 4.63. The molecule has 3 aromatic heterocycles. The van der Waals surface area contributed by atoms with E-state index in [0.29, 0.717) is 23.4 Å². The fraction of sp³-hybridized carbons (Fsp3) is 0.125. The summed E-state index contributed by atoms with van der Waals surface area (Å²) in [5.41, 5.74) is -0.0628. The molecule has 0 aliphatic heterocycles. The third-order valence-corrected chi connectivity index (χ3v) is 5.48. The molecule has 0 radical (unpaired) electrons. The van der Waals surface area contributed by atoms with Crippen LogP contribution in [0.25, 0.3) is 16.6 Å². The average Bonchev–Trinajstić information content (AvgIpc) is 3.19. The van der Waals surface area contributed by atoms with Crippen molar-refractivity contribution in [3.05, 3.63) is 105 Å². The molecular formula is C24H18F3N7O2. The Morgan fingerprint density at radius 3 is 2.53 bits per heavy atom. The van der Waals surface area contributed by atoms with E-state index >= 15 is 0 Å². The average molecular weight is 493 g/mol. The zero-order chi connectivity index (χ0) is 25.6. The van der Waals surface area contributed by atoms with Crippen molar-refractivity contribution in [1.29, 1.82) is 0 Å². The number of halogens is 3. The zero-order valence-corrected chi connectivity index (χ0v) is 19.0. The summed E-state index contributed by atoms with van der Waals surface area (Å²) in [4.78, 5) is 34.4. The number of aromatic nitrogens is 6. The lowest BCUT2D eigenvalue weighted by Gasteiger charge is -2.16. The van der Waals surface area contributed by atoms with E-state index in [9.17, 15) is 22.8 Å². The fourth-order valence-electron chi connectivity index (χ4n) is 3.83. The van der Waals surface area contributed by atoms with Gasteiger partial charge in [0.05, 0.1) is 23.9 Å². The van der Waals surface area contributed by atoms with Crippen LogP contribution in [0, 0.1) is 24.4 Å². The van der Waals surface area contributed by atoms with Gasteiger partial charge in [0.25, 0.3) is 0 Å². The Hall–Kier alpha value is -4.74. The number of pyridine rings is 1. The standard InChI is InChI=1S/C24H18F3N7O2/c1-13-5-17(10-28-9-13)34-23(35)30-22(29-16-3-4-21-15(6-16)11-32(2)31-21)33(24(34)36)12-14-7-19(26)20(27)8-18(14)25/h3-11H,12H2,1-2H3,(H,29,30,35). The van der Waals surface area contributed by atoms with E-state index in [0.717, 1.165) is 20.0 Å². The summed E-state index contributed by atoms with van der Waals surface area (Å²) in [6, 6.07) is 7.74. The van der Waals surface area contributed by atoms with E-state index in [2.05, 4.69) is 20.4 Å². The molecule has 0 bridgehead atoms.